The Bertz CT molecular complexity index is 1610. The van der Waals surface area contributed by atoms with Gasteiger partial charge in [-0.15, -0.1) is 11.3 Å². The molecule has 1 atom stereocenters. The first kappa shape index (κ1) is 28.6. The molecule has 5 rings (SSSR count). The Hall–Kier alpha value is -3.96. The summed E-state index contributed by atoms with van der Waals surface area (Å²) in [6, 6.07) is 12.0. The van der Waals surface area contributed by atoms with E-state index < -0.39 is 35.5 Å². The molecule has 0 saturated carbocycles. The predicted molar refractivity (Wildman–Crippen MR) is 149 cm³/mol. The van der Waals surface area contributed by atoms with Crippen molar-refractivity contribution in [2.75, 3.05) is 6.54 Å². The first-order valence-corrected chi connectivity index (χ1v) is 13.9. The number of aryl methyl sites for hydroxylation is 2. The zero-order chi connectivity index (χ0) is 29.5. The molecule has 12 heteroatoms. The Morgan fingerprint density at radius 2 is 1.68 bits per heavy atom. The van der Waals surface area contributed by atoms with Crippen LogP contribution in [0.25, 0.3) is 11.3 Å². The summed E-state index contributed by atoms with van der Waals surface area (Å²) >= 11 is 7.58. The zero-order valence-electron chi connectivity index (χ0n) is 22.0. The number of thiophene rings is 1. The van der Waals surface area contributed by atoms with E-state index in [2.05, 4.69) is 10.4 Å². The largest absolute Gasteiger partial charge is 0.416 e. The third kappa shape index (κ3) is 5.51. The van der Waals surface area contributed by atoms with Crippen molar-refractivity contribution >= 4 is 40.7 Å². The number of carbonyl (C=O) groups excluding carboxylic acids is 3. The van der Waals surface area contributed by atoms with E-state index in [4.69, 9.17) is 11.6 Å². The predicted octanol–water partition coefficient (Wildman–Crippen LogP) is 6.02. The van der Waals surface area contributed by atoms with Gasteiger partial charge in [-0.2, -0.15) is 18.3 Å². The van der Waals surface area contributed by atoms with E-state index in [0.717, 1.165) is 21.4 Å². The van der Waals surface area contributed by atoms with Crippen LogP contribution in [0.1, 0.15) is 53.3 Å². The van der Waals surface area contributed by atoms with Crippen molar-refractivity contribution in [1.82, 2.24) is 20.0 Å². The maximum absolute atomic E-state index is 13.8. The quantitative estimate of drug-likeness (QED) is 0.251. The van der Waals surface area contributed by atoms with Crippen molar-refractivity contribution in [3.05, 3.63) is 97.8 Å². The van der Waals surface area contributed by atoms with Crippen LogP contribution in [0.3, 0.4) is 0 Å². The van der Waals surface area contributed by atoms with Gasteiger partial charge in [0.25, 0.3) is 17.7 Å². The number of amides is 3. The van der Waals surface area contributed by atoms with Gasteiger partial charge in [0.15, 0.2) is 0 Å². The molecule has 4 aromatic rings. The monoisotopic (exact) mass is 600 g/mol. The Labute approximate surface area is 242 Å². The van der Waals surface area contributed by atoms with Gasteiger partial charge in [-0.05, 0) is 42.7 Å². The van der Waals surface area contributed by atoms with Crippen LogP contribution >= 0.6 is 22.9 Å². The van der Waals surface area contributed by atoms with Crippen LogP contribution < -0.4 is 5.32 Å². The van der Waals surface area contributed by atoms with Crippen molar-refractivity contribution in [2.45, 2.75) is 32.0 Å². The molecule has 3 heterocycles. The van der Waals surface area contributed by atoms with Gasteiger partial charge in [0, 0.05) is 24.0 Å². The van der Waals surface area contributed by atoms with E-state index in [9.17, 15) is 27.6 Å². The van der Waals surface area contributed by atoms with Gasteiger partial charge in [-0.3, -0.25) is 24.0 Å². The van der Waals surface area contributed by atoms with Gasteiger partial charge in [0.05, 0.1) is 44.5 Å². The fraction of sp³-hybridized carbons (Fsp3) is 0.241. The number of imide groups is 1. The minimum Gasteiger partial charge on any atom is -0.346 e. The first-order chi connectivity index (χ1) is 19.5. The second kappa shape index (κ2) is 11.1. The van der Waals surface area contributed by atoms with Crippen LogP contribution in [-0.2, 0) is 26.1 Å². The number of hydrogen-bond acceptors (Lipinski definition) is 5. The number of hydrogen-bond donors (Lipinski definition) is 1. The van der Waals surface area contributed by atoms with Crippen LogP contribution in [0.4, 0.5) is 13.2 Å². The molecule has 0 radical (unpaired) electrons. The summed E-state index contributed by atoms with van der Waals surface area (Å²) in [5.41, 5.74) is 0.875. The minimum atomic E-state index is -4.62. The van der Waals surface area contributed by atoms with Crippen LogP contribution in [0.15, 0.2) is 60.8 Å². The van der Waals surface area contributed by atoms with Crippen LogP contribution in [0.2, 0.25) is 5.02 Å². The van der Waals surface area contributed by atoms with E-state index in [1.165, 1.54) is 47.9 Å². The number of alkyl halides is 3. The molecule has 1 N–H and O–H groups in total. The average Bonchev–Trinajstić information content (AvgIpc) is 3.58. The Balaban J connectivity index is 1.47. The van der Waals surface area contributed by atoms with Gasteiger partial charge in [0.2, 0.25) is 0 Å². The number of nitrogens with zero attached hydrogens (tertiary/aromatic N) is 3. The third-order valence-electron chi connectivity index (χ3n) is 6.91. The molecule has 2 aromatic carbocycles. The van der Waals surface area contributed by atoms with Crippen molar-refractivity contribution in [3.63, 3.8) is 0 Å². The summed E-state index contributed by atoms with van der Waals surface area (Å²) in [6.07, 6.45) is -2.78. The van der Waals surface area contributed by atoms with E-state index in [-0.39, 0.29) is 29.7 Å². The fourth-order valence-corrected chi connectivity index (χ4v) is 6.27. The van der Waals surface area contributed by atoms with Gasteiger partial charge >= 0.3 is 6.18 Å². The second-order valence-electron chi connectivity index (χ2n) is 9.56. The molecule has 0 spiro atoms. The lowest BCUT2D eigenvalue weighted by molar-refractivity contribution is -0.138. The van der Waals surface area contributed by atoms with Gasteiger partial charge in [0.1, 0.15) is 0 Å². The van der Waals surface area contributed by atoms with E-state index >= 15 is 0 Å². The summed E-state index contributed by atoms with van der Waals surface area (Å²) < 4.78 is 43.0. The lowest BCUT2D eigenvalue weighted by Crippen LogP contribution is -2.47. The standard InChI is InChI=1S/C29H24ClF3N4O3S/c1-3-23-20(25-22(30)14-34-36(25)2)13-24(41-23)26(38)35-17(12-16-8-4-7-11-21(16)29(31,32)33)15-37-27(39)18-9-5-6-10-19(18)28(37)40/h4-11,13-14,17H,3,12,15H2,1-2H3,(H,35,38)/t17-/m0/s1. The van der Waals surface area contributed by atoms with Gasteiger partial charge < -0.3 is 5.32 Å². The lowest BCUT2D eigenvalue weighted by Gasteiger charge is -2.25. The molecule has 3 amide bonds. The number of benzene rings is 2. The van der Waals surface area contributed by atoms with Crippen molar-refractivity contribution in [1.29, 1.82) is 0 Å². The van der Waals surface area contributed by atoms with Crippen LogP contribution in [0.5, 0.6) is 0 Å². The second-order valence-corrected chi connectivity index (χ2v) is 11.1. The highest BCUT2D eigenvalue weighted by molar-refractivity contribution is 7.14. The number of carbonyl (C=O) groups is 3. The molecule has 0 fully saturated rings. The van der Waals surface area contributed by atoms with Gasteiger partial charge in [-0.1, -0.05) is 48.9 Å². The zero-order valence-corrected chi connectivity index (χ0v) is 23.5. The summed E-state index contributed by atoms with van der Waals surface area (Å²) in [7, 11) is 1.73. The first-order valence-electron chi connectivity index (χ1n) is 12.7. The fourth-order valence-electron chi connectivity index (χ4n) is 5.00. The highest BCUT2D eigenvalue weighted by atomic mass is 35.5. The number of nitrogens with one attached hydrogen (secondary N) is 1. The molecule has 1 aliphatic heterocycles. The average molecular weight is 601 g/mol. The number of fused-ring (bicyclic) bond motifs is 1. The smallest absolute Gasteiger partial charge is 0.346 e. The lowest BCUT2D eigenvalue weighted by atomic mass is 9.99. The Morgan fingerprint density at radius 3 is 2.27 bits per heavy atom. The minimum absolute atomic E-state index is 0.0651. The SMILES string of the molecule is CCc1sc(C(=O)N[C@@H](Cc2ccccc2C(F)(F)F)CN2C(=O)c3ccccc3C2=O)cc1-c1c(Cl)cnn1C. The number of halogens is 4. The molecule has 212 valence electrons. The number of aromatic nitrogens is 2. The van der Waals surface area contributed by atoms with Crippen molar-refractivity contribution < 1.29 is 27.6 Å². The summed E-state index contributed by atoms with van der Waals surface area (Å²) in [4.78, 5) is 41.8. The Morgan fingerprint density at radius 1 is 1.05 bits per heavy atom. The molecular weight excluding hydrogens is 577 g/mol. The van der Waals surface area contributed by atoms with Crippen LogP contribution in [0, 0.1) is 0 Å². The molecule has 1 aliphatic rings. The maximum atomic E-state index is 13.8. The topological polar surface area (TPSA) is 84.3 Å². The van der Waals surface area contributed by atoms with Gasteiger partial charge in [-0.25, -0.2) is 0 Å². The molecule has 7 nitrogen and oxygen atoms in total. The molecule has 0 saturated heterocycles. The van der Waals surface area contributed by atoms with E-state index in [1.54, 1.807) is 29.9 Å². The molecular formula is C29H24ClF3N4O3S. The molecule has 0 unspecified atom stereocenters. The van der Waals surface area contributed by atoms with E-state index in [1.807, 2.05) is 6.92 Å². The summed E-state index contributed by atoms with van der Waals surface area (Å²) in [5, 5.41) is 7.37. The summed E-state index contributed by atoms with van der Waals surface area (Å²) in [6.45, 7) is 1.62. The molecule has 0 aliphatic carbocycles. The third-order valence-corrected chi connectivity index (χ3v) is 8.46. The van der Waals surface area contributed by atoms with E-state index in [0.29, 0.717) is 22.0 Å². The van der Waals surface area contributed by atoms with Crippen LogP contribution in [-0.4, -0.2) is 45.0 Å². The highest BCUT2D eigenvalue weighted by Crippen LogP contribution is 2.36. The molecule has 41 heavy (non-hydrogen) atoms. The number of rotatable bonds is 8. The molecule has 0 bridgehead atoms. The highest BCUT2D eigenvalue weighted by Gasteiger charge is 2.38. The molecule has 2 aromatic heterocycles. The van der Waals surface area contributed by atoms with Crippen molar-refractivity contribution in [2.24, 2.45) is 7.05 Å². The normalized spacial score (nSPS) is 14.0. The van der Waals surface area contributed by atoms with Crippen molar-refractivity contribution in [3.8, 4) is 11.3 Å². The Kier molecular flexibility index (Phi) is 7.76. The maximum Gasteiger partial charge on any atom is 0.416 e. The summed E-state index contributed by atoms with van der Waals surface area (Å²) in [5.74, 6) is -1.67.